The predicted octanol–water partition coefficient (Wildman–Crippen LogP) is 0.945. The van der Waals surface area contributed by atoms with E-state index in [0.717, 1.165) is 6.61 Å². The monoisotopic (exact) mass is 279 g/mol. The zero-order chi connectivity index (χ0) is 14.5. The molecule has 1 saturated heterocycles. The van der Waals surface area contributed by atoms with Gasteiger partial charge in [-0.25, -0.2) is 4.79 Å². The molecule has 1 aromatic carbocycles. The average Bonchev–Trinajstić information content (AvgIpc) is 3.30. The topological polar surface area (TPSA) is 83.3 Å². The van der Waals surface area contributed by atoms with E-state index >= 15 is 0 Å². The van der Waals surface area contributed by atoms with Gasteiger partial charge in [-0.2, -0.15) is 0 Å². The second-order valence-electron chi connectivity index (χ2n) is 4.20. The van der Waals surface area contributed by atoms with Crippen LogP contribution in [0.2, 0.25) is 0 Å². The fourth-order valence-electron chi connectivity index (χ4n) is 1.69. The van der Waals surface area contributed by atoms with Gasteiger partial charge >= 0.3 is 5.97 Å². The quantitative estimate of drug-likeness (QED) is 0.474. The lowest BCUT2D eigenvalue weighted by atomic mass is 10.1. The van der Waals surface area contributed by atoms with E-state index in [4.69, 9.17) is 19.9 Å². The third-order valence-electron chi connectivity index (χ3n) is 2.87. The van der Waals surface area contributed by atoms with Gasteiger partial charge in [-0.05, 0) is 17.7 Å². The molecule has 20 heavy (non-hydrogen) atoms. The Kier molecular flexibility index (Phi) is 4.47. The highest BCUT2D eigenvalue weighted by Crippen LogP contribution is 2.31. The van der Waals surface area contributed by atoms with Crippen LogP contribution in [0.5, 0.6) is 11.5 Å². The molecule has 6 nitrogen and oxygen atoms in total. The number of carbonyl (C=O) groups excluding carboxylic acids is 1. The van der Waals surface area contributed by atoms with Gasteiger partial charge in [0.15, 0.2) is 11.5 Å². The standard InChI is InChI=1S/C14H17NO5/c1-17-13-5-9(11(6-15)14(16)18-2)3-4-12(13)20-8-10-7-19-10/h3-6,10H,7-8,15H2,1-2H3/b11-6+. The molecule has 1 aliphatic rings. The van der Waals surface area contributed by atoms with Crippen molar-refractivity contribution in [3.63, 3.8) is 0 Å². The number of nitrogens with two attached hydrogens (primary N) is 1. The zero-order valence-electron chi connectivity index (χ0n) is 11.4. The maximum atomic E-state index is 11.6. The first kappa shape index (κ1) is 14.2. The van der Waals surface area contributed by atoms with Gasteiger partial charge < -0.3 is 24.7 Å². The van der Waals surface area contributed by atoms with E-state index in [9.17, 15) is 4.79 Å². The molecule has 1 atom stereocenters. The molecular weight excluding hydrogens is 262 g/mol. The van der Waals surface area contributed by atoms with Crippen LogP contribution in [0.1, 0.15) is 5.56 Å². The van der Waals surface area contributed by atoms with Crippen LogP contribution in [0.25, 0.3) is 5.57 Å². The highest BCUT2D eigenvalue weighted by molar-refractivity contribution is 6.16. The van der Waals surface area contributed by atoms with Crippen molar-refractivity contribution in [3.8, 4) is 11.5 Å². The molecule has 0 aliphatic carbocycles. The lowest BCUT2D eigenvalue weighted by Crippen LogP contribution is -2.08. The van der Waals surface area contributed by atoms with Crippen LogP contribution in [0.4, 0.5) is 0 Å². The number of carbonyl (C=O) groups is 1. The Balaban J connectivity index is 2.20. The van der Waals surface area contributed by atoms with Crippen molar-refractivity contribution >= 4 is 11.5 Å². The number of esters is 1. The molecule has 1 unspecified atom stereocenters. The van der Waals surface area contributed by atoms with Crippen LogP contribution >= 0.6 is 0 Å². The smallest absolute Gasteiger partial charge is 0.339 e. The van der Waals surface area contributed by atoms with Crippen molar-refractivity contribution in [1.29, 1.82) is 0 Å². The number of rotatable bonds is 6. The number of hydrogen-bond acceptors (Lipinski definition) is 6. The van der Waals surface area contributed by atoms with Gasteiger partial charge in [0, 0.05) is 6.20 Å². The molecule has 0 bridgehead atoms. The molecule has 1 fully saturated rings. The molecule has 0 saturated carbocycles. The van der Waals surface area contributed by atoms with Crippen molar-refractivity contribution in [1.82, 2.24) is 0 Å². The number of hydrogen-bond donors (Lipinski definition) is 1. The Hall–Kier alpha value is -2.21. The molecule has 1 aromatic rings. The second kappa shape index (κ2) is 6.29. The predicted molar refractivity (Wildman–Crippen MR) is 72.4 cm³/mol. The molecule has 1 aliphatic heterocycles. The number of methoxy groups -OCH3 is 2. The third-order valence-corrected chi connectivity index (χ3v) is 2.87. The van der Waals surface area contributed by atoms with E-state index in [-0.39, 0.29) is 11.7 Å². The van der Waals surface area contributed by atoms with Gasteiger partial charge in [0.2, 0.25) is 0 Å². The summed E-state index contributed by atoms with van der Waals surface area (Å²) < 4.78 is 20.6. The molecule has 0 amide bonds. The van der Waals surface area contributed by atoms with E-state index in [2.05, 4.69) is 4.74 Å². The molecule has 2 N–H and O–H groups in total. The van der Waals surface area contributed by atoms with Gasteiger partial charge in [0.05, 0.1) is 26.4 Å². The molecule has 6 heteroatoms. The molecule has 0 radical (unpaired) electrons. The summed E-state index contributed by atoms with van der Waals surface area (Å²) in [6.07, 6.45) is 1.37. The Bertz CT molecular complexity index is 522. The highest BCUT2D eigenvalue weighted by atomic mass is 16.6. The molecule has 108 valence electrons. The SMILES string of the molecule is COC(=O)/C(=C/N)c1ccc(OCC2CO2)c(OC)c1. The minimum absolute atomic E-state index is 0.161. The molecule has 0 aromatic heterocycles. The van der Waals surface area contributed by atoms with E-state index in [1.807, 2.05) is 0 Å². The lowest BCUT2D eigenvalue weighted by molar-refractivity contribution is -0.133. The lowest BCUT2D eigenvalue weighted by Gasteiger charge is -2.12. The first-order valence-corrected chi connectivity index (χ1v) is 6.12. The number of epoxide rings is 1. The van der Waals surface area contributed by atoms with Crippen LogP contribution in [0, 0.1) is 0 Å². The van der Waals surface area contributed by atoms with Crippen LogP contribution in [-0.2, 0) is 14.3 Å². The summed E-state index contributed by atoms with van der Waals surface area (Å²) in [4.78, 5) is 11.6. The maximum absolute atomic E-state index is 11.6. The van der Waals surface area contributed by atoms with E-state index in [1.165, 1.54) is 20.4 Å². The fraction of sp³-hybridized carbons (Fsp3) is 0.357. The van der Waals surface area contributed by atoms with Crippen LogP contribution < -0.4 is 15.2 Å². The summed E-state index contributed by atoms with van der Waals surface area (Å²) in [6, 6.07) is 5.13. The minimum Gasteiger partial charge on any atom is -0.493 e. The molecule has 1 heterocycles. The van der Waals surface area contributed by atoms with Gasteiger partial charge in [-0.15, -0.1) is 0 Å². The average molecular weight is 279 g/mol. The zero-order valence-corrected chi connectivity index (χ0v) is 11.4. The Morgan fingerprint density at radius 1 is 1.45 bits per heavy atom. The van der Waals surface area contributed by atoms with Gasteiger partial charge in [0.25, 0.3) is 0 Å². The Labute approximate surface area is 117 Å². The Morgan fingerprint density at radius 2 is 2.20 bits per heavy atom. The van der Waals surface area contributed by atoms with Crippen molar-refractivity contribution < 1.29 is 23.7 Å². The first-order valence-electron chi connectivity index (χ1n) is 6.12. The second-order valence-corrected chi connectivity index (χ2v) is 4.20. The summed E-state index contributed by atoms with van der Waals surface area (Å²) >= 11 is 0. The summed E-state index contributed by atoms with van der Waals surface area (Å²) in [5.41, 5.74) is 6.34. The van der Waals surface area contributed by atoms with Crippen molar-refractivity contribution in [2.45, 2.75) is 6.10 Å². The van der Waals surface area contributed by atoms with Gasteiger partial charge in [-0.1, -0.05) is 6.07 Å². The summed E-state index contributed by atoms with van der Waals surface area (Å²) in [5.74, 6) is 0.606. The van der Waals surface area contributed by atoms with Crippen LogP contribution in [0.15, 0.2) is 24.4 Å². The largest absolute Gasteiger partial charge is 0.493 e. The third kappa shape index (κ3) is 3.21. The van der Waals surface area contributed by atoms with E-state index in [1.54, 1.807) is 18.2 Å². The maximum Gasteiger partial charge on any atom is 0.339 e. The molecule has 2 rings (SSSR count). The highest BCUT2D eigenvalue weighted by Gasteiger charge is 2.24. The summed E-state index contributed by atoms with van der Waals surface area (Å²) in [5, 5.41) is 0. The fourth-order valence-corrected chi connectivity index (χ4v) is 1.69. The molecular formula is C14H17NO5. The normalized spacial score (nSPS) is 17.5. The van der Waals surface area contributed by atoms with E-state index < -0.39 is 5.97 Å². The van der Waals surface area contributed by atoms with E-state index in [0.29, 0.717) is 23.7 Å². The first-order chi connectivity index (χ1) is 9.69. The Morgan fingerprint density at radius 3 is 2.75 bits per heavy atom. The molecule has 0 spiro atoms. The van der Waals surface area contributed by atoms with Crippen molar-refractivity contribution in [3.05, 3.63) is 30.0 Å². The van der Waals surface area contributed by atoms with Crippen molar-refractivity contribution in [2.75, 3.05) is 27.4 Å². The number of benzene rings is 1. The van der Waals surface area contributed by atoms with Gasteiger partial charge in [0.1, 0.15) is 12.7 Å². The summed E-state index contributed by atoms with van der Waals surface area (Å²) in [7, 11) is 2.83. The minimum atomic E-state index is -0.505. The summed E-state index contributed by atoms with van der Waals surface area (Å²) in [6.45, 7) is 1.20. The van der Waals surface area contributed by atoms with Crippen LogP contribution in [-0.4, -0.2) is 39.5 Å². The van der Waals surface area contributed by atoms with Gasteiger partial charge in [-0.3, -0.25) is 0 Å². The van der Waals surface area contributed by atoms with Crippen molar-refractivity contribution in [2.24, 2.45) is 5.73 Å². The number of ether oxygens (including phenoxy) is 4. The van der Waals surface area contributed by atoms with Crippen LogP contribution in [0.3, 0.4) is 0 Å².